The molecule has 142 valence electrons. The van der Waals surface area contributed by atoms with Crippen LogP contribution in [0.5, 0.6) is 0 Å². The molecule has 3 heterocycles. The molecule has 6 nitrogen and oxygen atoms in total. The number of carbonyl (C=O) groups excluding carboxylic acids is 1. The number of hydrogen-bond acceptors (Lipinski definition) is 5. The Morgan fingerprint density at radius 2 is 1.96 bits per heavy atom. The van der Waals surface area contributed by atoms with Crippen molar-refractivity contribution in [1.29, 1.82) is 0 Å². The number of amides is 1. The van der Waals surface area contributed by atoms with Crippen LogP contribution >= 0.6 is 0 Å². The number of benzene rings is 1. The maximum Gasteiger partial charge on any atom is 0.270 e. The average molecular weight is 366 g/mol. The lowest BCUT2D eigenvalue weighted by Crippen LogP contribution is -2.38. The van der Waals surface area contributed by atoms with E-state index in [1.54, 1.807) is 6.20 Å². The number of likely N-dealkylation sites (tertiary alicyclic amines) is 1. The fourth-order valence-electron chi connectivity index (χ4n) is 3.76. The molecule has 1 aromatic carbocycles. The summed E-state index contributed by atoms with van der Waals surface area (Å²) in [5.41, 5.74) is 2.83. The van der Waals surface area contributed by atoms with Crippen molar-refractivity contribution in [2.75, 3.05) is 44.3 Å². The van der Waals surface area contributed by atoms with Gasteiger partial charge < -0.3 is 15.0 Å². The molecule has 0 saturated carbocycles. The molecule has 2 aromatic rings. The standard InChI is InChI=1S/C21H26N4O2/c26-21(20-14-19(6-8-22-20)25-10-12-27-13-11-25)23-18-7-9-24(16-18)15-17-4-2-1-3-5-17/h1-6,8,14,18H,7,9-13,15-16H2,(H,23,26)/t18-/m0/s1. The molecule has 0 radical (unpaired) electrons. The van der Waals surface area contributed by atoms with E-state index in [0.29, 0.717) is 5.69 Å². The molecular formula is C21H26N4O2. The molecule has 4 rings (SSSR count). The van der Waals surface area contributed by atoms with E-state index in [4.69, 9.17) is 4.74 Å². The van der Waals surface area contributed by atoms with Crippen molar-refractivity contribution in [3.63, 3.8) is 0 Å². The largest absolute Gasteiger partial charge is 0.378 e. The SMILES string of the molecule is O=C(N[C@H]1CCN(Cc2ccccc2)C1)c1cc(N2CCOCC2)ccn1. The number of anilines is 1. The van der Waals surface area contributed by atoms with E-state index in [1.807, 2.05) is 18.2 Å². The molecular weight excluding hydrogens is 340 g/mol. The number of morpholine rings is 1. The Kier molecular flexibility index (Phi) is 5.65. The first-order valence-electron chi connectivity index (χ1n) is 9.64. The van der Waals surface area contributed by atoms with Gasteiger partial charge in [0.1, 0.15) is 5.69 Å². The summed E-state index contributed by atoms with van der Waals surface area (Å²) in [5, 5.41) is 3.15. The van der Waals surface area contributed by atoms with E-state index >= 15 is 0 Å². The van der Waals surface area contributed by atoms with Gasteiger partial charge in [0.15, 0.2) is 0 Å². The van der Waals surface area contributed by atoms with Gasteiger partial charge in [0.25, 0.3) is 5.91 Å². The van der Waals surface area contributed by atoms with Crippen LogP contribution in [0.25, 0.3) is 0 Å². The summed E-state index contributed by atoms with van der Waals surface area (Å²) < 4.78 is 5.40. The Balaban J connectivity index is 1.33. The molecule has 0 bridgehead atoms. The number of aromatic nitrogens is 1. The molecule has 6 heteroatoms. The normalized spacial score (nSPS) is 20.6. The second-order valence-electron chi connectivity index (χ2n) is 7.18. The topological polar surface area (TPSA) is 57.7 Å². The zero-order valence-corrected chi connectivity index (χ0v) is 15.5. The summed E-state index contributed by atoms with van der Waals surface area (Å²) >= 11 is 0. The molecule has 0 unspecified atom stereocenters. The van der Waals surface area contributed by atoms with Crippen LogP contribution in [-0.4, -0.2) is 61.2 Å². The highest BCUT2D eigenvalue weighted by Crippen LogP contribution is 2.17. The molecule has 1 atom stereocenters. The Labute approximate surface area is 160 Å². The number of carbonyl (C=O) groups is 1. The zero-order valence-electron chi connectivity index (χ0n) is 15.5. The van der Waals surface area contributed by atoms with E-state index in [0.717, 1.165) is 58.0 Å². The first kappa shape index (κ1) is 17.9. The maximum atomic E-state index is 12.7. The Bertz CT molecular complexity index is 762. The van der Waals surface area contributed by atoms with Crippen LogP contribution in [-0.2, 0) is 11.3 Å². The highest BCUT2D eigenvalue weighted by atomic mass is 16.5. The lowest BCUT2D eigenvalue weighted by Gasteiger charge is -2.28. The monoisotopic (exact) mass is 366 g/mol. The smallest absolute Gasteiger partial charge is 0.270 e. The van der Waals surface area contributed by atoms with Crippen LogP contribution in [0, 0.1) is 0 Å². The third kappa shape index (κ3) is 4.64. The van der Waals surface area contributed by atoms with Gasteiger partial charge in [-0.2, -0.15) is 0 Å². The van der Waals surface area contributed by atoms with Gasteiger partial charge in [0, 0.05) is 50.6 Å². The number of rotatable bonds is 5. The van der Waals surface area contributed by atoms with Crippen molar-refractivity contribution in [3.05, 3.63) is 59.9 Å². The third-order valence-electron chi connectivity index (χ3n) is 5.21. The van der Waals surface area contributed by atoms with E-state index < -0.39 is 0 Å². The van der Waals surface area contributed by atoms with Gasteiger partial charge in [-0.25, -0.2) is 0 Å². The van der Waals surface area contributed by atoms with Gasteiger partial charge in [0.05, 0.1) is 13.2 Å². The second-order valence-corrected chi connectivity index (χ2v) is 7.18. The number of nitrogens with zero attached hydrogens (tertiary/aromatic N) is 3. The quantitative estimate of drug-likeness (QED) is 0.876. The van der Waals surface area contributed by atoms with Crippen LogP contribution in [0.15, 0.2) is 48.7 Å². The Morgan fingerprint density at radius 3 is 2.78 bits per heavy atom. The summed E-state index contributed by atoms with van der Waals surface area (Å²) in [5.74, 6) is -0.0864. The van der Waals surface area contributed by atoms with Crippen molar-refractivity contribution < 1.29 is 9.53 Å². The molecule has 2 aliphatic heterocycles. The lowest BCUT2D eigenvalue weighted by atomic mass is 10.2. The predicted octanol–water partition coefficient (Wildman–Crippen LogP) is 1.92. The van der Waals surface area contributed by atoms with Gasteiger partial charge >= 0.3 is 0 Å². The number of pyridine rings is 1. The molecule has 1 amide bonds. The van der Waals surface area contributed by atoms with Crippen LogP contribution in [0.1, 0.15) is 22.5 Å². The minimum absolute atomic E-state index is 0.0864. The molecule has 1 aromatic heterocycles. The second kappa shape index (κ2) is 8.50. The van der Waals surface area contributed by atoms with Crippen molar-refractivity contribution in [2.24, 2.45) is 0 Å². The summed E-state index contributed by atoms with van der Waals surface area (Å²) in [6, 6.07) is 14.5. The van der Waals surface area contributed by atoms with Crippen LogP contribution in [0.2, 0.25) is 0 Å². The highest BCUT2D eigenvalue weighted by Gasteiger charge is 2.25. The lowest BCUT2D eigenvalue weighted by molar-refractivity contribution is 0.0932. The minimum Gasteiger partial charge on any atom is -0.378 e. The summed E-state index contributed by atoms with van der Waals surface area (Å²) in [4.78, 5) is 21.6. The van der Waals surface area contributed by atoms with Crippen molar-refractivity contribution in [3.8, 4) is 0 Å². The van der Waals surface area contributed by atoms with Gasteiger partial charge in [-0.15, -0.1) is 0 Å². The summed E-state index contributed by atoms with van der Waals surface area (Å²) in [7, 11) is 0. The Hall–Kier alpha value is -2.44. The van der Waals surface area contributed by atoms with Crippen molar-refractivity contribution in [1.82, 2.24) is 15.2 Å². The van der Waals surface area contributed by atoms with E-state index in [-0.39, 0.29) is 11.9 Å². The van der Waals surface area contributed by atoms with E-state index in [9.17, 15) is 4.79 Å². The fraction of sp³-hybridized carbons (Fsp3) is 0.429. The van der Waals surface area contributed by atoms with Gasteiger partial charge in [-0.05, 0) is 24.1 Å². The number of ether oxygens (including phenoxy) is 1. The zero-order chi connectivity index (χ0) is 18.5. The third-order valence-corrected chi connectivity index (χ3v) is 5.21. The fourth-order valence-corrected chi connectivity index (χ4v) is 3.76. The van der Waals surface area contributed by atoms with Crippen LogP contribution in [0.3, 0.4) is 0 Å². The van der Waals surface area contributed by atoms with Crippen LogP contribution in [0.4, 0.5) is 5.69 Å². The van der Waals surface area contributed by atoms with Crippen LogP contribution < -0.4 is 10.2 Å². The average Bonchev–Trinajstić information content (AvgIpc) is 3.16. The molecule has 1 N–H and O–H groups in total. The van der Waals surface area contributed by atoms with E-state index in [2.05, 4.69) is 44.4 Å². The molecule has 27 heavy (non-hydrogen) atoms. The van der Waals surface area contributed by atoms with E-state index in [1.165, 1.54) is 5.56 Å². The molecule has 0 aliphatic carbocycles. The Morgan fingerprint density at radius 1 is 1.15 bits per heavy atom. The van der Waals surface area contributed by atoms with Crippen molar-refractivity contribution in [2.45, 2.75) is 19.0 Å². The first-order valence-corrected chi connectivity index (χ1v) is 9.64. The summed E-state index contributed by atoms with van der Waals surface area (Å²) in [6.07, 6.45) is 2.69. The van der Waals surface area contributed by atoms with Gasteiger partial charge in [0.2, 0.25) is 0 Å². The number of nitrogens with one attached hydrogen (secondary N) is 1. The van der Waals surface area contributed by atoms with Gasteiger partial charge in [-0.1, -0.05) is 30.3 Å². The highest BCUT2D eigenvalue weighted by molar-refractivity contribution is 5.93. The number of hydrogen-bond donors (Lipinski definition) is 1. The molecule has 0 spiro atoms. The minimum atomic E-state index is -0.0864. The molecule has 2 saturated heterocycles. The first-order chi connectivity index (χ1) is 13.3. The maximum absolute atomic E-state index is 12.7. The van der Waals surface area contributed by atoms with Gasteiger partial charge in [-0.3, -0.25) is 14.7 Å². The predicted molar refractivity (Wildman–Crippen MR) is 105 cm³/mol. The molecule has 2 aliphatic rings. The van der Waals surface area contributed by atoms with Crippen molar-refractivity contribution >= 4 is 11.6 Å². The summed E-state index contributed by atoms with van der Waals surface area (Å²) in [6.45, 7) is 5.96. The molecule has 2 fully saturated rings.